The zero-order valence-electron chi connectivity index (χ0n) is 12.4. The third-order valence-electron chi connectivity index (χ3n) is 4.25. The first kappa shape index (κ1) is 13.2. The number of nitrogens with one attached hydrogen (secondary N) is 1. The van der Waals surface area contributed by atoms with Gasteiger partial charge in [-0.2, -0.15) is 0 Å². The van der Waals surface area contributed by atoms with E-state index >= 15 is 0 Å². The highest BCUT2D eigenvalue weighted by Crippen LogP contribution is 2.30. The van der Waals surface area contributed by atoms with E-state index in [2.05, 4.69) is 67.7 Å². The molecule has 0 spiro atoms. The Morgan fingerprint density at radius 1 is 0.900 bits per heavy atom. The molecule has 0 saturated carbocycles. The van der Waals surface area contributed by atoms with Crippen molar-refractivity contribution >= 4 is 5.69 Å². The van der Waals surface area contributed by atoms with Crippen molar-refractivity contribution in [3.63, 3.8) is 0 Å². The van der Waals surface area contributed by atoms with E-state index in [4.69, 9.17) is 0 Å². The summed E-state index contributed by atoms with van der Waals surface area (Å²) in [4.78, 5) is 0. The molecule has 20 heavy (non-hydrogen) atoms. The summed E-state index contributed by atoms with van der Waals surface area (Å²) in [5.74, 6) is 0.561. The predicted molar refractivity (Wildman–Crippen MR) is 86.1 cm³/mol. The minimum Gasteiger partial charge on any atom is -0.378 e. The van der Waals surface area contributed by atoms with Crippen LogP contribution in [0.3, 0.4) is 0 Å². The van der Waals surface area contributed by atoms with Crippen LogP contribution in [0.4, 0.5) is 5.69 Å². The highest BCUT2D eigenvalue weighted by atomic mass is 14.9. The lowest BCUT2D eigenvalue weighted by molar-refractivity contribution is 0.546. The number of anilines is 1. The summed E-state index contributed by atoms with van der Waals surface area (Å²) in [6.45, 7) is 4.55. The molecule has 1 aliphatic rings. The van der Waals surface area contributed by atoms with Crippen LogP contribution in [0.5, 0.6) is 0 Å². The molecule has 1 heteroatoms. The summed E-state index contributed by atoms with van der Waals surface area (Å²) in [7, 11) is 0. The Bertz CT molecular complexity index is 572. The first-order valence-corrected chi connectivity index (χ1v) is 7.67. The zero-order valence-corrected chi connectivity index (χ0v) is 12.4. The third kappa shape index (κ3) is 2.72. The lowest BCUT2D eigenvalue weighted by Gasteiger charge is -2.24. The fraction of sp³-hybridized carbons (Fsp3) is 0.368. The lowest BCUT2D eigenvalue weighted by Crippen LogP contribution is -2.16. The molecule has 3 rings (SSSR count). The largest absolute Gasteiger partial charge is 0.378 e. The van der Waals surface area contributed by atoms with Crippen LogP contribution in [0.2, 0.25) is 0 Å². The molecule has 0 bridgehead atoms. The van der Waals surface area contributed by atoms with E-state index < -0.39 is 0 Å². The summed E-state index contributed by atoms with van der Waals surface area (Å²) >= 11 is 0. The van der Waals surface area contributed by atoms with Gasteiger partial charge in [0.05, 0.1) is 6.04 Å². The lowest BCUT2D eigenvalue weighted by atomic mass is 9.95. The summed E-state index contributed by atoms with van der Waals surface area (Å²) in [6, 6.07) is 18.0. The molecule has 1 atom stereocenters. The van der Waals surface area contributed by atoms with E-state index in [0.717, 1.165) is 0 Å². The molecular weight excluding hydrogens is 242 g/mol. The van der Waals surface area contributed by atoms with Crippen LogP contribution < -0.4 is 5.32 Å². The average molecular weight is 265 g/mol. The quantitative estimate of drug-likeness (QED) is 0.821. The Morgan fingerprint density at radius 3 is 2.40 bits per heavy atom. The third-order valence-corrected chi connectivity index (χ3v) is 4.25. The Labute approximate surface area is 122 Å². The molecule has 2 aromatic rings. The monoisotopic (exact) mass is 265 g/mol. The first-order valence-electron chi connectivity index (χ1n) is 7.67. The number of hydrogen-bond donors (Lipinski definition) is 1. The minimum atomic E-state index is 0.371. The van der Waals surface area contributed by atoms with Gasteiger partial charge in [-0.3, -0.25) is 0 Å². The normalized spacial score (nSPS) is 15.2. The number of aryl methyl sites for hydroxylation is 2. The van der Waals surface area contributed by atoms with Gasteiger partial charge in [0.25, 0.3) is 0 Å². The topological polar surface area (TPSA) is 12.0 Å². The highest BCUT2D eigenvalue weighted by Gasteiger charge is 2.17. The number of fused-ring (bicyclic) bond motifs is 1. The van der Waals surface area contributed by atoms with Crippen LogP contribution in [0.25, 0.3) is 0 Å². The van der Waals surface area contributed by atoms with Crippen molar-refractivity contribution < 1.29 is 0 Å². The van der Waals surface area contributed by atoms with Gasteiger partial charge >= 0.3 is 0 Å². The predicted octanol–water partition coefficient (Wildman–Crippen LogP) is 4.98. The summed E-state index contributed by atoms with van der Waals surface area (Å²) < 4.78 is 0. The van der Waals surface area contributed by atoms with Crippen LogP contribution in [-0.4, -0.2) is 0 Å². The number of rotatable bonds is 4. The van der Waals surface area contributed by atoms with E-state index in [-0.39, 0.29) is 0 Å². The van der Waals surface area contributed by atoms with Gasteiger partial charge in [-0.05, 0) is 54.0 Å². The Balaban J connectivity index is 1.84. The fourth-order valence-corrected chi connectivity index (χ4v) is 3.14. The van der Waals surface area contributed by atoms with E-state index in [1.54, 1.807) is 0 Å². The first-order chi connectivity index (χ1) is 9.74. The second kappa shape index (κ2) is 5.70. The highest BCUT2D eigenvalue weighted by molar-refractivity contribution is 5.51. The van der Waals surface area contributed by atoms with Crippen molar-refractivity contribution in [2.75, 3.05) is 5.32 Å². The molecule has 0 radical (unpaired) electrons. The molecule has 0 heterocycles. The van der Waals surface area contributed by atoms with Gasteiger partial charge in [0.15, 0.2) is 0 Å². The molecular formula is C19H23N. The molecule has 0 aromatic heterocycles. The molecule has 0 amide bonds. The van der Waals surface area contributed by atoms with Gasteiger partial charge in [0, 0.05) is 5.69 Å². The second-order valence-corrected chi connectivity index (χ2v) is 6.11. The van der Waals surface area contributed by atoms with Gasteiger partial charge in [-0.25, -0.2) is 0 Å². The van der Waals surface area contributed by atoms with Crippen molar-refractivity contribution in [2.24, 2.45) is 5.92 Å². The van der Waals surface area contributed by atoms with Crippen molar-refractivity contribution in [2.45, 2.75) is 39.2 Å². The Hall–Kier alpha value is -1.76. The van der Waals surface area contributed by atoms with Crippen molar-refractivity contribution in [3.05, 3.63) is 65.2 Å². The Morgan fingerprint density at radius 2 is 1.65 bits per heavy atom. The standard InChI is InChI=1S/C19H23N/c1-14(2)19(16-7-4-3-5-8-16)20-18-12-11-15-9-6-10-17(15)13-18/h3-5,7-8,11-14,19-20H,6,9-10H2,1-2H3. The molecule has 1 nitrogen and oxygen atoms in total. The molecule has 0 fully saturated rings. The Kier molecular flexibility index (Phi) is 3.77. The van der Waals surface area contributed by atoms with E-state index in [1.165, 1.54) is 41.6 Å². The molecule has 0 aliphatic heterocycles. The molecule has 1 N–H and O–H groups in total. The minimum absolute atomic E-state index is 0.371. The van der Waals surface area contributed by atoms with Gasteiger partial charge in [-0.1, -0.05) is 50.2 Å². The number of hydrogen-bond acceptors (Lipinski definition) is 1. The molecule has 1 unspecified atom stereocenters. The van der Waals surface area contributed by atoms with Crippen LogP contribution in [-0.2, 0) is 12.8 Å². The molecule has 0 saturated heterocycles. The summed E-state index contributed by atoms with van der Waals surface area (Å²) in [5.41, 5.74) is 5.69. The zero-order chi connectivity index (χ0) is 13.9. The average Bonchev–Trinajstić information content (AvgIpc) is 2.93. The summed E-state index contributed by atoms with van der Waals surface area (Å²) in [5, 5.41) is 3.72. The molecule has 2 aromatic carbocycles. The fourth-order valence-electron chi connectivity index (χ4n) is 3.14. The van der Waals surface area contributed by atoms with Crippen molar-refractivity contribution in [1.29, 1.82) is 0 Å². The van der Waals surface area contributed by atoms with Gasteiger partial charge in [-0.15, -0.1) is 0 Å². The van der Waals surface area contributed by atoms with Gasteiger partial charge in [0.2, 0.25) is 0 Å². The van der Waals surface area contributed by atoms with Crippen LogP contribution in [0.15, 0.2) is 48.5 Å². The van der Waals surface area contributed by atoms with E-state index in [1.807, 2.05) is 0 Å². The smallest absolute Gasteiger partial charge is 0.0536 e. The second-order valence-electron chi connectivity index (χ2n) is 6.11. The van der Waals surface area contributed by atoms with E-state index in [0.29, 0.717) is 12.0 Å². The number of benzene rings is 2. The van der Waals surface area contributed by atoms with Crippen LogP contribution in [0.1, 0.15) is 43.0 Å². The SMILES string of the molecule is CC(C)C(Nc1ccc2c(c1)CCC2)c1ccccc1. The van der Waals surface area contributed by atoms with Crippen LogP contribution >= 0.6 is 0 Å². The van der Waals surface area contributed by atoms with Gasteiger partial charge < -0.3 is 5.32 Å². The van der Waals surface area contributed by atoms with Crippen LogP contribution in [0, 0.1) is 5.92 Å². The molecule has 1 aliphatic carbocycles. The molecule has 104 valence electrons. The maximum atomic E-state index is 3.72. The summed E-state index contributed by atoms with van der Waals surface area (Å²) in [6.07, 6.45) is 3.80. The van der Waals surface area contributed by atoms with E-state index in [9.17, 15) is 0 Å². The maximum absolute atomic E-state index is 3.72. The maximum Gasteiger partial charge on any atom is 0.0536 e. The van der Waals surface area contributed by atoms with Crippen molar-refractivity contribution in [1.82, 2.24) is 0 Å². The van der Waals surface area contributed by atoms with Crippen molar-refractivity contribution in [3.8, 4) is 0 Å². The van der Waals surface area contributed by atoms with Gasteiger partial charge in [0.1, 0.15) is 0 Å².